The summed E-state index contributed by atoms with van der Waals surface area (Å²) in [4.78, 5) is 4.46. The molecule has 0 amide bonds. The van der Waals surface area contributed by atoms with E-state index in [0.717, 1.165) is 13.1 Å². The predicted molar refractivity (Wildman–Crippen MR) is 100 cm³/mol. The van der Waals surface area contributed by atoms with Crippen molar-refractivity contribution in [3.8, 4) is 17.5 Å². The van der Waals surface area contributed by atoms with Gasteiger partial charge in [-0.2, -0.15) is 4.98 Å². The second-order valence-electron chi connectivity index (χ2n) is 7.81. The maximum absolute atomic E-state index is 12.5. The Labute approximate surface area is 166 Å². The van der Waals surface area contributed by atoms with Crippen LogP contribution in [-0.2, 0) is 0 Å². The Hall–Kier alpha value is -2.49. The molecule has 1 aromatic carbocycles. The van der Waals surface area contributed by atoms with Crippen molar-refractivity contribution in [3.05, 3.63) is 24.3 Å². The van der Waals surface area contributed by atoms with E-state index < -0.39 is 6.36 Å². The third-order valence-corrected chi connectivity index (χ3v) is 5.37. The molecule has 2 fully saturated rings. The summed E-state index contributed by atoms with van der Waals surface area (Å²) in [5.41, 5.74) is 0. The summed E-state index contributed by atoms with van der Waals surface area (Å²) in [5.74, 6) is 1.39. The number of ether oxygens (including phenoxy) is 2. The van der Waals surface area contributed by atoms with E-state index in [9.17, 15) is 13.2 Å². The second-order valence-corrected chi connectivity index (χ2v) is 7.81. The highest BCUT2D eigenvalue weighted by Gasteiger charge is 2.39. The van der Waals surface area contributed by atoms with Gasteiger partial charge in [-0.1, -0.05) is 6.07 Å². The SMILES string of the molecule is CC(C)n1nc(N[C@H]2[C@@H]3CC[C@H]2CNC3)nc1Oc1cccc(OC(F)(F)F)c1. The van der Waals surface area contributed by atoms with Crippen LogP contribution in [0, 0.1) is 11.8 Å². The number of hydrogen-bond acceptors (Lipinski definition) is 6. The molecule has 10 heteroatoms. The molecule has 1 aromatic heterocycles. The normalized spacial score (nSPS) is 24.0. The lowest BCUT2D eigenvalue weighted by Gasteiger charge is -2.30. The van der Waals surface area contributed by atoms with Gasteiger partial charge in [0.25, 0.3) is 0 Å². The maximum atomic E-state index is 12.5. The minimum absolute atomic E-state index is 0.0348. The summed E-state index contributed by atoms with van der Waals surface area (Å²) < 4.78 is 48.7. The Bertz CT molecular complexity index is 839. The number of rotatable bonds is 6. The maximum Gasteiger partial charge on any atom is 0.573 e. The van der Waals surface area contributed by atoms with Gasteiger partial charge in [-0.3, -0.25) is 0 Å². The molecular formula is C19H24F3N5O2. The zero-order chi connectivity index (χ0) is 20.6. The fourth-order valence-corrected chi connectivity index (χ4v) is 4.09. The first-order valence-corrected chi connectivity index (χ1v) is 9.76. The molecule has 7 nitrogen and oxygen atoms in total. The van der Waals surface area contributed by atoms with Crippen molar-refractivity contribution in [2.75, 3.05) is 18.4 Å². The third-order valence-electron chi connectivity index (χ3n) is 5.37. The average molecular weight is 411 g/mol. The van der Waals surface area contributed by atoms with E-state index in [1.165, 1.54) is 31.0 Å². The molecule has 158 valence electrons. The van der Waals surface area contributed by atoms with Crippen LogP contribution in [0.5, 0.6) is 17.5 Å². The van der Waals surface area contributed by atoms with Gasteiger partial charge in [0.15, 0.2) is 0 Å². The molecule has 2 heterocycles. The van der Waals surface area contributed by atoms with Crippen molar-refractivity contribution in [2.24, 2.45) is 11.8 Å². The number of alkyl halides is 3. The van der Waals surface area contributed by atoms with Gasteiger partial charge in [-0.05, 0) is 63.7 Å². The topological polar surface area (TPSA) is 73.2 Å². The van der Waals surface area contributed by atoms with E-state index in [0.29, 0.717) is 23.8 Å². The van der Waals surface area contributed by atoms with Crippen molar-refractivity contribution in [1.82, 2.24) is 20.1 Å². The minimum atomic E-state index is -4.76. The van der Waals surface area contributed by atoms with Gasteiger partial charge >= 0.3 is 12.4 Å². The molecule has 1 saturated heterocycles. The summed E-state index contributed by atoms with van der Waals surface area (Å²) in [6, 6.07) is 5.86. The van der Waals surface area contributed by atoms with E-state index in [4.69, 9.17) is 4.74 Å². The van der Waals surface area contributed by atoms with Crippen LogP contribution in [0.2, 0.25) is 0 Å². The molecule has 1 aliphatic carbocycles. The van der Waals surface area contributed by atoms with E-state index in [1.807, 2.05) is 13.8 Å². The molecule has 0 spiro atoms. The van der Waals surface area contributed by atoms with Crippen molar-refractivity contribution in [2.45, 2.75) is 45.1 Å². The molecule has 3 atom stereocenters. The Morgan fingerprint density at radius 1 is 1.17 bits per heavy atom. The van der Waals surface area contributed by atoms with E-state index in [1.54, 1.807) is 10.7 Å². The fraction of sp³-hybridized carbons (Fsp3) is 0.579. The number of nitrogens with zero attached hydrogens (tertiary/aromatic N) is 3. The monoisotopic (exact) mass is 411 g/mol. The molecule has 4 rings (SSSR count). The summed E-state index contributed by atoms with van der Waals surface area (Å²) in [6.07, 6.45) is -2.41. The smallest absolute Gasteiger partial charge is 0.424 e. The standard InChI is InChI=1S/C19H24F3N5O2/c1-11(2)27-18(28-14-4-3-5-15(8-14)29-19(20,21)22)25-17(26-27)24-16-12-6-7-13(16)10-23-9-12/h3-5,8,11-13,16,23H,6-7,9-10H2,1-2H3,(H,24,26)/t12-,13+,16+. The minimum Gasteiger partial charge on any atom is -0.424 e. The molecule has 0 radical (unpaired) electrons. The average Bonchev–Trinajstić information content (AvgIpc) is 3.10. The quantitative estimate of drug-likeness (QED) is 0.750. The Balaban J connectivity index is 1.52. The summed E-state index contributed by atoms with van der Waals surface area (Å²) in [5, 5.41) is 11.4. The number of fused-ring (bicyclic) bond motifs is 2. The molecular weight excluding hydrogens is 387 g/mol. The molecule has 0 unspecified atom stereocenters. The van der Waals surface area contributed by atoms with Gasteiger partial charge in [0.05, 0.1) is 6.04 Å². The van der Waals surface area contributed by atoms with Gasteiger partial charge in [0.2, 0.25) is 5.95 Å². The molecule has 2 bridgehead atoms. The predicted octanol–water partition coefficient (Wildman–Crippen LogP) is 3.96. The number of hydrogen-bond donors (Lipinski definition) is 2. The van der Waals surface area contributed by atoms with Gasteiger partial charge in [0.1, 0.15) is 11.5 Å². The van der Waals surface area contributed by atoms with Gasteiger partial charge in [-0.15, -0.1) is 18.3 Å². The number of benzene rings is 1. The van der Waals surface area contributed by atoms with Crippen LogP contribution in [0.3, 0.4) is 0 Å². The zero-order valence-corrected chi connectivity index (χ0v) is 16.2. The highest BCUT2D eigenvalue weighted by atomic mass is 19.4. The largest absolute Gasteiger partial charge is 0.573 e. The van der Waals surface area contributed by atoms with Crippen LogP contribution in [0.1, 0.15) is 32.7 Å². The molecule has 2 aromatic rings. The Morgan fingerprint density at radius 3 is 2.52 bits per heavy atom. The first-order chi connectivity index (χ1) is 13.8. The highest BCUT2D eigenvalue weighted by Crippen LogP contribution is 2.36. The van der Waals surface area contributed by atoms with Crippen LogP contribution < -0.4 is 20.1 Å². The van der Waals surface area contributed by atoms with Crippen LogP contribution >= 0.6 is 0 Å². The summed E-state index contributed by atoms with van der Waals surface area (Å²) in [7, 11) is 0. The number of halogens is 3. The number of nitrogens with one attached hydrogen (secondary N) is 2. The number of anilines is 1. The number of piperidine rings is 1. The van der Waals surface area contributed by atoms with Crippen molar-refractivity contribution >= 4 is 5.95 Å². The molecule has 1 aliphatic heterocycles. The second kappa shape index (κ2) is 7.74. The summed E-state index contributed by atoms with van der Waals surface area (Å²) in [6.45, 7) is 5.83. The van der Waals surface area contributed by atoms with Crippen molar-refractivity contribution in [1.29, 1.82) is 0 Å². The van der Waals surface area contributed by atoms with Gasteiger partial charge in [0, 0.05) is 12.1 Å². The Morgan fingerprint density at radius 2 is 1.86 bits per heavy atom. The van der Waals surface area contributed by atoms with Crippen molar-refractivity contribution < 1.29 is 22.6 Å². The zero-order valence-electron chi connectivity index (χ0n) is 16.2. The third kappa shape index (κ3) is 4.58. The van der Waals surface area contributed by atoms with E-state index in [-0.39, 0.29) is 23.6 Å². The van der Waals surface area contributed by atoms with Gasteiger partial charge in [-0.25, -0.2) is 4.68 Å². The van der Waals surface area contributed by atoms with Crippen LogP contribution in [-0.4, -0.2) is 40.3 Å². The van der Waals surface area contributed by atoms with Crippen LogP contribution in [0.4, 0.5) is 19.1 Å². The van der Waals surface area contributed by atoms with E-state index in [2.05, 4.69) is 25.5 Å². The van der Waals surface area contributed by atoms with Crippen LogP contribution in [0.15, 0.2) is 24.3 Å². The molecule has 2 N–H and O–H groups in total. The first-order valence-electron chi connectivity index (χ1n) is 9.76. The van der Waals surface area contributed by atoms with E-state index >= 15 is 0 Å². The summed E-state index contributed by atoms with van der Waals surface area (Å²) >= 11 is 0. The molecule has 1 saturated carbocycles. The lowest BCUT2D eigenvalue weighted by Crippen LogP contribution is -2.45. The lowest BCUT2D eigenvalue weighted by atomic mass is 9.94. The Kier molecular flexibility index (Phi) is 5.28. The lowest BCUT2D eigenvalue weighted by molar-refractivity contribution is -0.274. The highest BCUT2D eigenvalue weighted by molar-refractivity contribution is 5.36. The van der Waals surface area contributed by atoms with Crippen LogP contribution in [0.25, 0.3) is 0 Å². The number of aromatic nitrogens is 3. The molecule has 2 aliphatic rings. The first kappa shape index (κ1) is 19.8. The molecule has 29 heavy (non-hydrogen) atoms. The van der Waals surface area contributed by atoms with Gasteiger partial charge < -0.3 is 20.1 Å². The van der Waals surface area contributed by atoms with Crippen molar-refractivity contribution in [3.63, 3.8) is 0 Å². The fourth-order valence-electron chi connectivity index (χ4n) is 4.09.